The molecule has 37 heavy (non-hydrogen) atoms. The highest BCUT2D eigenvalue weighted by Crippen LogP contribution is 2.41. The summed E-state index contributed by atoms with van der Waals surface area (Å²) in [6.45, 7) is -0.649. The van der Waals surface area contributed by atoms with Crippen molar-refractivity contribution in [1.29, 1.82) is 0 Å². The Morgan fingerprint density at radius 1 is 1.14 bits per heavy atom. The number of nitrogens with zero attached hydrogens (tertiary/aromatic N) is 6. The third kappa shape index (κ3) is 4.85. The van der Waals surface area contributed by atoms with Crippen molar-refractivity contribution in [3.05, 3.63) is 63.5 Å². The largest absolute Gasteiger partial charge is 0.418 e. The molecule has 5 atom stereocenters. The molecule has 0 bridgehead atoms. The van der Waals surface area contributed by atoms with Gasteiger partial charge >= 0.3 is 6.18 Å². The van der Waals surface area contributed by atoms with E-state index in [1.54, 1.807) is 5.38 Å². The molecule has 1 aliphatic heterocycles. The molecule has 1 aromatic carbocycles. The Bertz CT molecular complexity index is 1410. The number of rotatable bonds is 5. The Morgan fingerprint density at radius 3 is 2.59 bits per heavy atom. The summed E-state index contributed by atoms with van der Waals surface area (Å²) in [6, 6.07) is 3.19. The maximum atomic E-state index is 13.8. The molecule has 16 heteroatoms. The highest BCUT2D eigenvalue weighted by molar-refractivity contribution is 7.13. The predicted octanol–water partition coefficient (Wildman–Crippen LogP) is 3.31. The van der Waals surface area contributed by atoms with Crippen molar-refractivity contribution < 1.29 is 33.2 Å². The van der Waals surface area contributed by atoms with E-state index in [1.807, 2.05) is 0 Å². The van der Waals surface area contributed by atoms with Gasteiger partial charge in [0.25, 0.3) is 0 Å². The average molecular weight is 577 g/mol. The zero-order chi connectivity index (χ0) is 26.5. The Hall–Kier alpha value is -2.59. The van der Waals surface area contributed by atoms with Gasteiger partial charge in [-0.25, -0.2) is 14.3 Å². The minimum Gasteiger partial charge on any atom is -0.394 e. The van der Waals surface area contributed by atoms with Crippen molar-refractivity contribution in [3.8, 4) is 16.4 Å². The van der Waals surface area contributed by atoms with E-state index in [0.717, 1.165) is 22.9 Å². The smallest absolute Gasteiger partial charge is 0.394 e. The first-order valence-corrected chi connectivity index (χ1v) is 12.3. The number of aliphatic hydroxyl groups excluding tert-OH is 3. The Labute approximate surface area is 220 Å². The average Bonchev–Trinajstić information content (AvgIpc) is 3.59. The summed E-state index contributed by atoms with van der Waals surface area (Å²) in [7, 11) is 0. The first-order valence-electron chi connectivity index (χ1n) is 10.6. The molecule has 0 spiro atoms. The second-order valence-corrected chi connectivity index (χ2v) is 9.82. The third-order valence-electron chi connectivity index (χ3n) is 5.86. The molecule has 1 aliphatic rings. The normalized spacial score (nSPS) is 24.5. The fraction of sp³-hybridized carbons (Fsp3) is 0.333. The van der Waals surface area contributed by atoms with Crippen LogP contribution in [0.2, 0.25) is 10.2 Å². The van der Waals surface area contributed by atoms with Crippen LogP contribution in [0.25, 0.3) is 16.4 Å². The van der Waals surface area contributed by atoms with Gasteiger partial charge in [0.05, 0.1) is 29.7 Å². The van der Waals surface area contributed by atoms with Gasteiger partial charge in [0.1, 0.15) is 46.3 Å². The number of alkyl halides is 3. The molecule has 5 rings (SSSR count). The van der Waals surface area contributed by atoms with Gasteiger partial charge in [0.2, 0.25) is 0 Å². The number of hydrogen-bond donors (Lipinski definition) is 3. The van der Waals surface area contributed by atoms with Gasteiger partial charge in [-0.3, -0.25) is 0 Å². The summed E-state index contributed by atoms with van der Waals surface area (Å²) in [4.78, 5) is 4.11. The van der Waals surface area contributed by atoms with Gasteiger partial charge < -0.3 is 20.1 Å². The lowest BCUT2D eigenvalue weighted by atomic mass is 9.91. The van der Waals surface area contributed by atoms with Gasteiger partial charge in [0, 0.05) is 16.6 Å². The number of hydrogen-bond acceptors (Lipinski definition) is 9. The summed E-state index contributed by atoms with van der Waals surface area (Å²) in [5.41, 5.74) is -1.05. The molecule has 10 nitrogen and oxygen atoms in total. The van der Waals surface area contributed by atoms with Gasteiger partial charge in [0.15, 0.2) is 0 Å². The maximum absolute atomic E-state index is 13.8. The van der Waals surface area contributed by atoms with Crippen LogP contribution in [0, 0.1) is 0 Å². The topological polar surface area (TPSA) is 131 Å². The lowest BCUT2D eigenvalue weighted by molar-refractivity contribution is -0.209. The standard InChI is InChI=1S/C21H17Cl2F3N6O4S/c22-9-1-2-10(21(24,25)26)13(5-9)32-12(3-4-27-32)19-18(35)16(17(34)14(7-33)36-19)31-6-11(29-30-31)20-28-15(23)8-37-20/h1-6,8,14,16-19,33-35H,7H2/t14?,16-,17-,18?,19-/m0/s1. The molecule has 1 saturated heterocycles. The summed E-state index contributed by atoms with van der Waals surface area (Å²) in [5, 5.41) is 46.4. The molecule has 0 saturated carbocycles. The van der Waals surface area contributed by atoms with E-state index in [2.05, 4.69) is 20.4 Å². The summed E-state index contributed by atoms with van der Waals surface area (Å²) >= 11 is 13.1. The lowest BCUT2D eigenvalue weighted by Gasteiger charge is -2.42. The molecule has 3 aromatic heterocycles. The molecular formula is C21H17Cl2F3N6O4S. The minimum atomic E-state index is -4.72. The van der Waals surface area contributed by atoms with Gasteiger partial charge in [-0.2, -0.15) is 18.3 Å². The number of aromatic nitrogens is 6. The van der Waals surface area contributed by atoms with E-state index >= 15 is 0 Å². The van der Waals surface area contributed by atoms with Crippen molar-refractivity contribution in [3.63, 3.8) is 0 Å². The number of benzene rings is 1. The van der Waals surface area contributed by atoms with E-state index in [-0.39, 0.29) is 21.6 Å². The fourth-order valence-electron chi connectivity index (χ4n) is 4.20. The first-order chi connectivity index (χ1) is 17.6. The van der Waals surface area contributed by atoms with E-state index in [1.165, 1.54) is 34.5 Å². The Balaban J connectivity index is 1.55. The van der Waals surface area contributed by atoms with Crippen LogP contribution < -0.4 is 0 Å². The quantitative estimate of drug-likeness (QED) is 0.330. The van der Waals surface area contributed by atoms with Crippen LogP contribution in [0.1, 0.15) is 23.4 Å². The third-order valence-corrected chi connectivity index (χ3v) is 7.28. The zero-order valence-corrected chi connectivity index (χ0v) is 20.7. The molecule has 0 aliphatic carbocycles. The van der Waals surface area contributed by atoms with Crippen LogP contribution >= 0.6 is 34.5 Å². The van der Waals surface area contributed by atoms with Crippen LogP contribution in [-0.4, -0.2) is 70.0 Å². The second-order valence-electron chi connectivity index (χ2n) is 8.14. The van der Waals surface area contributed by atoms with Crippen molar-refractivity contribution in [2.45, 2.75) is 36.6 Å². The number of halogens is 5. The molecule has 4 aromatic rings. The Kier molecular flexibility index (Phi) is 7.00. The van der Waals surface area contributed by atoms with Gasteiger partial charge in [-0.05, 0) is 24.3 Å². The molecule has 0 amide bonds. The highest BCUT2D eigenvalue weighted by atomic mass is 35.5. The summed E-state index contributed by atoms with van der Waals surface area (Å²) in [5.74, 6) is 0. The monoisotopic (exact) mass is 576 g/mol. The zero-order valence-electron chi connectivity index (χ0n) is 18.4. The van der Waals surface area contributed by atoms with Crippen molar-refractivity contribution in [1.82, 2.24) is 29.8 Å². The number of aliphatic hydroxyl groups is 3. The van der Waals surface area contributed by atoms with Gasteiger partial charge in [-0.1, -0.05) is 28.4 Å². The predicted molar refractivity (Wildman–Crippen MR) is 125 cm³/mol. The fourth-order valence-corrected chi connectivity index (χ4v) is 5.26. The van der Waals surface area contributed by atoms with Crippen LogP contribution in [-0.2, 0) is 10.9 Å². The molecule has 1 fully saturated rings. The highest BCUT2D eigenvalue weighted by Gasteiger charge is 2.48. The first kappa shape index (κ1) is 26.0. The molecular weight excluding hydrogens is 560 g/mol. The molecule has 196 valence electrons. The van der Waals surface area contributed by atoms with Crippen LogP contribution in [0.15, 0.2) is 42.0 Å². The van der Waals surface area contributed by atoms with Crippen molar-refractivity contribution in [2.75, 3.05) is 6.61 Å². The van der Waals surface area contributed by atoms with Crippen LogP contribution in [0.5, 0.6) is 0 Å². The minimum absolute atomic E-state index is 0.0302. The summed E-state index contributed by atoms with van der Waals surface area (Å²) < 4.78 is 49.2. The Morgan fingerprint density at radius 2 is 1.92 bits per heavy atom. The number of ether oxygens (including phenoxy) is 1. The number of thiazole rings is 1. The van der Waals surface area contributed by atoms with Crippen LogP contribution in [0.3, 0.4) is 0 Å². The molecule has 2 unspecified atom stereocenters. The van der Waals surface area contributed by atoms with Gasteiger partial charge in [-0.15, -0.1) is 16.4 Å². The van der Waals surface area contributed by atoms with E-state index < -0.39 is 48.8 Å². The lowest BCUT2D eigenvalue weighted by Crippen LogP contribution is -2.53. The SMILES string of the molecule is OCC1O[C@@H](c2ccnn2-c2cc(Cl)ccc2C(F)(F)F)C(O)[C@@H](n2cc(-c3nc(Cl)cs3)nn2)[C@H]1O. The van der Waals surface area contributed by atoms with E-state index in [9.17, 15) is 28.5 Å². The van der Waals surface area contributed by atoms with E-state index in [4.69, 9.17) is 27.9 Å². The maximum Gasteiger partial charge on any atom is 0.418 e. The van der Waals surface area contributed by atoms with Crippen molar-refractivity contribution >= 4 is 34.5 Å². The van der Waals surface area contributed by atoms with E-state index in [0.29, 0.717) is 10.7 Å². The van der Waals surface area contributed by atoms with Crippen LogP contribution in [0.4, 0.5) is 13.2 Å². The second kappa shape index (κ2) is 9.94. The molecule has 4 heterocycles. The molecule has 3 N–H and O–H groups in total. The van der Waals surface area contributed by atoms with Crippen molar-refractivity contribution in [2.24, 2.45) is 0 Å². The molecule has 0 radical (unpaired) electrons. The summed E-state index contributed by atoms with van der Waals surface area (Å²) in [6.07, 6.45) is -7.59.